The zero-order valence-corrected chi connectivity index (χ0v) is 13.2. The normalized spacial score (nSPS) is 10.8. The van der Waals surface area contributed by atoms with E-state index in [1.165, 1.54) is 12.1 Å². The van der Waals surface area contributed by atoms with Crippen molar-refractivity contribution in [1.29, 1.82) is 0 Å². The van der Waals surface area contributed by atoms with Gasteiger partial charge in [0, 0.05) is 17.5 Å². The highest BCUT2D eigenvalue weighted by Crippen LogP contribution is 2.30. The summed E-state index contributed by atoms with van der Waals surface area (Å²) < 4.78 is 13.1. The van der Waals surface area contributed by atoms with Crippen molar-refractivity contribution in [2.75, 3.05) is 12.3 Å². The van der Waals surface area contributed by atoms with E-state index >= 15 is 0 Å². The Balaban J connectivity index is 2.10. The zero-order valence-electron chi connectivity index (χ0n) is 13.2. The maximum absolute atomic E-state index is 13.1. The van der Waals surface area contributed by atoms with Crippen molar-refractivity contribution in [2.24, 2.45) is 0 Å². The second-order valence-electron chi connectivity index (χ2n) is 5.43. The van der Waals surface area contributed by atoms with Crippen LogP contribution in [0, 0.1) is 5.82 Å². The molecular formula is C18H17FN4O. The lowest BCUT2D eigenvalue weighted by molar-refractivity contribution is 0.0949. The Labute approximate surface area is 138 Å². The van der Waals surface area contributed by atoms with Crippen LogP contribution in [0.2, 0.25) is 0 Å². The highest BCUT2D eigenvalue weighted by Gasteiger charge is 2.16. The van der Waals surface area contributed by atoms with Gasteiger partial charge in [-0.25, -0.2) is 4.39 Å². The van der Waals surface area contributed by atoms with Crippen LogP contribution in [-0.4, -0.2) is 22.6 Å². The topological polar surface area (TPSA) is 80.9 Å². The highest BCUT2D eigenvalue weighted by molar-refractivity contribution is 6.07. The number of carbonyl (C=O) groups excluding carboxylic acids is 1. The predicted molar refractivity (Wildman–Crippen MR) is 92.0 cm³/mol. The Hall–Kier alpha value is -3.02. The van der Waals surface area contributed by atoms with Crippen LogP contribution in [0.4, 0.5) is 10.1 Å². The minimum Gasteiger partial charge on any atom is -0.396 e. The number of nitrogens with two attached hydrogens (primary N) is 1. The number of nitrogens with zero attached hydrogens (tertiary/aromatic N) is 2. The third-order valence-corrected chi connectivity index (χ3v) is 3.74. The number of rotatable bonds is 4. The van der Waals surface area contributed by atoms with Crippen LogP contribution in [-0.2, 0) is 0 Å². The number of halogens is 1. The second kappa shape index (κ2) is 6.62. The molecule has 0 unspecified atom stereocenters. The summed E-state index contributed by atoms with van der Waals surface area (Å²) in [5.74, 6) is -0.643. The average molecular weight is 324 g/mol. The van der Waals surface area contributed by atoms with Gasteiger partial charge in [-0.3, -0.25) is 4.79 Å². The predicted octanol–water partition coefficient (Wildman–Crippen LogP) is 3.16. The van der Waals surface area contributed by atoms with Crippen molar-refractivity contribution >= 4 is 22.5 Å². The van der Waals surface area contributed by atoms with Crippen molar-refractivity contribution < 1.29 is 9.18 Å². The van der Waals surface area contributed by atoms with Gasteiger partial charge in [0.25, 0.3) is 5.91 Å². The summed E-state index contributed by atoms with van der Waals surface area (Å²) in [6.07, 6.45) is 0.821. The maximum atomic E-state index is 13.1. The molecule has 0 saturated heterocycles. The van der Waals surface area contributed by atoms with Gasteiger partial charge in [-0.05, 0) is 24.1 Å². The Kier molecular flexibility index (Phi) is 4.37. The monoisotopic (exact) mass is 324 g/mol. The molecule has 0 saturated carbocycles. The number of hydrogen-bond donors (Lipinski definition) is 2. The first-order chi connectivity index (χ1) is 11.6. The molecule has 1 amide bonds. The lowest BCUT2D eigenvalue weighted by atomic mass is 10.0. The van der Waals surface area contributed by atoms with E-state index in [1.807, 2.05) is 19.1 Å². The number of hydrogen-bond acceptors (Lipinski definition) is 4. The molecule has 0 aliphatic carbocycles. The van der Waals surface area contributed by atoms with E-state index in [2.05, 4.69) is 15.5 Å². The standard InChI is InChI=1S/C18H17FN4O/c1-2-10-21-18(24)17-15(20)14-5-3-4-13(16(14)22-23-17)11-6-8-12(19)9-7-11/h3-9H,2,10H2,1H3,(H2,20,22)(H,21,24). The summed E-state index contributed by atoms with van der Waals surface area (Å²) in [5.41, 5.74) is 8.71. The summed E-state index contributed by atoms with van der Waals surface area (Å²) in [6.45, 7) is 2.51. The molecule has 122 valence electrons. The summed E-state index contributed by atoms with van der Waals surface area (Å²) in [5, 5.41) is 11.6. The van der Waals surface area contributed by atoms with Crippen molar-refractivity contribution in [1.82, 2.24) is 15.5 Å². The quantitative estimate of drug-likeness (QED) is 0.772. The average Bonchev–Trinajstić information content (AvgIpc) is 2.60. The molecule has 3 aromatic rings. The van der Waals surface area contributed by atoms with Crippen molar-refractivity contribution in [2.45, 2.75) is 13.3 Å². The van der Waals surface area contributed by atoms with Crippen LogP contribution in [0.5, 0.6) is 0 Å². The van der Waals surface area contributed by atoms with Gasteiger partial charge >= 0.3 is 0 Å². The van der Waals surface area contributed by atoms with Gasteiger partial charge < -0.3 is 11.1 Å². The van der Waals surface area contributed by atoms with E-state index in [1.54, 1.807) is 18.2 Å². The molecule has 3 rings (SSSR count). The highest BCUT2D eigenvalue weighted by atomic mass is 19.1. The molecule has 5 nitrogen and oxygen atoms in total. The summed E-state index contributed by atoms with van der Waals surface area (Å²) in [4.78, 5) is 12.1. The molecule has 0 atom stereocenters. The van der Waals surface area contributed by atoms with Gasteiger partial charge in [0.2, 0.25) is 0 Å². The van der Waals surface area contributed by atoms with Crippen LogP contribution >= 0.6 is 0 Å². The Morgan fingerprint density at radius 3 is 2.62 bits per heavy atom. The Bertz CT molecular complexity index is 893. The molecule has 6 heteroatoms. The zero-order chi connectivity index (χ0) is 17.1. The summed E-state index contributed by atoms with van der Waals surface area (Å²) in [6, 6.07) is 11.6. The van der Waals surface area contributed by atoms with Gasteiger partial charge in [-0.2, -0.15) is 0 Å². The first-order valence-electron chi connectivity index (χ1n) is 7.71. The van der Waals surface area contributed by atoms with Gasteiger partial charge in [-0.15, -0.1) is 10.2 Å². The van der Waals surface area contributed by atoms with Crippen LogP contribution in [0.1, 0.15) is 23.8 Å². The molecule has 3 N–H and O–H groups in total. The molecule has 1 aromatic heterocycles. The molecule has 1 heterocycles. The lowest BCUT2D eigenvalue weighted by Crippen LogP contribution is -2.26. The minimum atomic E-state index is -0.337. The third-order valence-electron chi connectivity index (χ3n) is 3.74. The number of carbonyl (C=O) groups is 1. The van der Waals surface area contributed by atoms with E-state index in [4.69, 9.17) is 5.73 Å². The molecule has 24 heavy (non-hydrogen) atoms. The van der Waals surface area contributed by atoms with Gasteiger partial charge in [-0.1, -0.05) is 37.3 Å². The number of benzene rings is 2. The van der Waals surface area contributed by atoms with E-state index < -0.39 is 0 Å². The summed E-state index contributed by atoms with van der Waals surface area (Å²) >= 11 is 0. The first kappa shape index (κ1) is 15.9. The second-order valence-corrected chi connectivity index (χ2v) is 5.43. The first-order valence-corrected chi connectivity index (χ1v) is 7.71. The molecule has 0 aliphatic heterocycles. The number of aromatic nitrogens is 2. The molecule has 0 radical (unpaired) electrons. The van der Waals surface area contributed by atoms with Crippen LogP contribution in [0.3, 0.4) is 0 Å². The number of fused-ring (bicyclic) bond motifs is 1. The van der Waals surface area contributed by atoms with Crippen LogP contribution < -0.4 is 11.1 Å². The third kappa shape index (κ3) is 2.90. The fourth-order valence-electron chi connectivity index (χ4n) is 2.50. The van der Waals surface area contributed by atoms with Crippen molar-refractivity contribution in [3.8, 4) is 11.1 Å². The summed E-state index contributed by atoms with van der Waals surface area (Å²) in [7, 11) is 0. The van der Waals surface area contributed by atoms with Gasteiger partial charge in [0.1, 0.15) is 11.3 Å². The largest absolute Gasteiger partial charge is 0.396 e. The van der Waals surface area contributed by atoms with E-state index in [9.17, 15) is 9.18 Å². The minimum absolute atomic E-state index is 0.118. The van der Waals surface area contributed by atoms with Crippen molar-refractivity contribution in [3.63, 3.8) is 0 Å². The smallest absolute Gasteiger partial charge is 0.273 e. The van der Waals surface area contributed by atoms with E-state index in [0.29, 0.717) is 17.4 Å². The maximum Gasteiger partial charge on any atom is 0.273 e. The molecule has 0 spiro atoms. The molecule has 0 bridgehead atoms. The fourth-order valence-corrected chi connectivity index (χ4v) is 2.50. The number of amides is 1. The van der Waals surface area contributed by atoms with Crippen LogP contribution in [0.15, 0.2) is 42.5 Å². The van der Waals surface area contributed by atoms with Gasteiger partial charge in [0.05, 0.1) is 5.69 Å². The number of nitrogen functional groups attached to an aromatic ring is 1. The van der Waals surface area contributed by atoms with E-state index in [0.717, 1.165) is 17.5 Å². The lowest BCUT2D eigenvalue weighted by Gasteiger charge is -2.10. The SMILES string of the molecule is CCCNC(=O)c1nnc2c(-c3ccc(F)cc3)cccc2c1N. The molecular weight excluding hydrogens is 307 g/mol. The molecule has 2 aromatic carbocycles. The van der Waals surface area contributed by atoms with Crippen molar-refractivity contribution in [3.05, 3.63) is 54.0 Å². The molecule has 0 aliphatic rings. The Morgan fingerprint density at radius 2 is 1.92 bits per heavy atom. The molecule has 0 fully saturated rings. The Morgan fingerprint density at radius 1 is 1.17 bits per heavy atom. The van der Waals surface area contributed by atoms with Gasteiger partial charge in [0.15, 0.2) is 5.69 Å². The number of anilines is 1. The number of nitrogens with one attached hydrogen (secondary N) is 1. The van der Waals surface area contributed by atoms with E-state index in [-0.39, 0.29) is 23.1 Å². The fraction of sp³-hybridized carbons (Fsp3) is 0.167. The van der Waals surface area contributed by atoms with Crippen LogP contribution in [0.25, 0.3) is 22.0 Å².